The van der Waals surface area contributed by atoms with Gasteiger partial charge in [0.05, 0.1) is 19.3 Å². The van der Waals surface area contributed by atoms with Crippen molar-refractivity contribution in [2.24, 2.45) is 0 Å². The van der Waals surface area contributed by atoms with E-state index >= 15 is 0 Å². The summed E-state index contributed by atoms with van der Waals surface area (Å²) in [6.45, 7) is 2.39. The first kappa shape index (κ1) is 17.0. The summed E-state index contributed by atoms with van der Waals surface area (Å²) in [7, 11) is 0. The van der Waals surface area contributed by atoms with Crippen LogP contribution in [-0.4, -0.2) is 24.2 Å². The predicted molar refractivity (Wildman–Crippen MR) is 90.3 cm³/mol. The summed E-state index contributed by atoms with van der Waals surface area (Å²) in [5.41, 5.74) is 2.05. The van der Waals surface area contributed by atoms with Gasteiger partial charge in [-0.3, -0.25) is 4.79 Å². The van der Waals surface area contributed by atoms with E-state index in [0.717, 1.165) is 16.9 Å². The fourth-order valence-electron chi connectivity index (χ4n) is 2.31. The summed E-state index contributed by atoms with van der Waals surface area (Å²) >= 11 is 0. The van der Waals surface area contributed by atoms with Crippen LogP contribution in [0.3, 0.4) is 0 Å². The van der Waals surface area contributed by atoms with Gasteiger partial charge < -0.3 is 15.2 Å². The topological polar surface area (TPSA) is 58.6 Å². The molecule has 1 atom stereocenters. The van der Waals surface area contributed by atoms with Crippen LogP contribution in [0.1, 0.15) is 30.0 Å². The Morgan fingerprint density at radius 2 is 1.96 bits per heavy atom. The molecule has 1 amide bonds. The number of ether oxygens (including phenoxy) is 1. The van der Waals surface area contributed by atoms with Crippen molar-refractivity contribution in [3.63, 3.8) is 0 Å². The molecule has 122 valence electrons. The van der Waals surface area contributed by atoms with E-state index in [1.165, 1.54) is 0 Å². The van der Waals surface area contributed by atoms with Gasteiger partial charge in [-0.05, 0) is 36.6 Å². The molecule has 1 unspecified atom stereocenters. The smallest absolute Gasteiger partial charge is 0.220 e. The fraction of sp³-hybridized carbons (Fsp3) is 0.316. The van der Waals surface area contributed by atoms with E-state index in [-0.39, 0.29) is 18.6 Å². The van der Waals surface area contributed by atoms with Gasteiger partial charge in [0.25, 0.3) is 0 Å². The van der Waals surface area contributed by atoms with Crippen molar-refractivity contribution in [2.45, 2.75) is 25.8 Å². The number of hydrogen-bond donors (Lipinski definition) is 2. The number of carbonyl (C=O) groups excluding carboxylic acids is 1. The van der Waals surface area contributed by atoms with Gasteiger partial charge in [0.15, 0.2) is 0 Å². The third kappa shape index (κ3) is 5.75. The molecule has 0 aliphatic rings. The molecule has 4 heteroatoms. The van der Waals surface area contributed by atoms with Crippen molar-refractivity contribution in [1.29, 1.82) is 0 Å². The first-order chi connectivity index (χ1) is 11.2. The Morgan fingerprint density at radius 1 is 1.17 bits per heavy atom. The van der Waals surface area contributed by atoms with Crippen LogP contribution in [0.15, 0.2) is 54.6 Å². The quantitative estimate of drug-likeness (QED) is 0.737. The van der Waals surface area contributed by atoms with Gasteiger partial charge in [-0.15, -0.1) is 0 Å². The molecular formula is C19H23NO3. The van der Waals surface area contributed by atoms with Gasteiger partial charge in [-0.1, -0.05) is 42.5 Å². The Bertz CT molecular complexity index is 613. The zero-order chi connectivity index (χ0) is 16.5. The summed E-state index contributed by atoms with van der Waals surface area (Å²) in [5.74, 6) is 0.740. The molecule has 2 N–H and O–H groups in total. The largest absolute Gasteiger partial charge is 0.494 e. The van der Waals surface area contributed by atoms with Crippen LogP contribution >= 0.6 is 0 Å². The van der Waals surface area contributed by atoms with Crippen molar-refractivity contribution in [1.82, 2.24) is 5.32 Å². The molecular weight excluding hydrogens is 290 g/mol. The number of aliphatic hydroxyl groups excluding tert-OH is 1. The van der Waals surface area contributed by atoms with E-state index in [1.807, 2.05) is 61.5 Å². The maximum absolute atomic E-state index is 12.0. The Hall–Kier alpha value is -2.33. The standard InChI is InChI=1S/C19H23NO3/c1-15-7-5-10-17(13-15)23-12-6-11-19(22)20-18(14-21)16-8-3-2-4-9-16/h2-5,7-10,13,18,21H,6,11-12,14H2,1H3,(H,20,22). The fourth-order valence-corrected chi connectivity index (χ4v) is 2.31. The van der Waals surface area contributed by atoms with Crippen molar-refractivity contribution in [2.75, 3.05) is 13.2 Å². The minimum Gasteiger partial charge on any atom is -0.494 e. The van der Waals surface area contributed by atoms with Gasteiger partial charge >= 0.3 is 0 Å². The second kappa shape index (κ2) is 8.96. The molecule has 0 radical (unpaired) electrons. The van der Waals surface area contributed by atoms with Crippen LogP contribution in [0.2, 0.25) is 0 Å². The summed E-state index contributed by atoms with van der Waals surface area (Å²) in [5, 5.41) is 12.3. The molecule has 23 heavy (non-hydrogen) atoms. The Labute approximate surface area is 137 Å². The molecule has 4 nitrogen and oxygen atoms in total. The normalized spacial score (nSPS) is 11.7. The van der Waals surface area contributed by atoms with Crippen molar-refractivity contribution in [3.8, 4) is 5.75 Å². The van der Waals surface area contributed by atoms with E-state index in [4.69, 9.17) is 4.74 Å². The molecule has 0 saturated carbocycles. The van der Waals surface area contributed by atoms with E-state index < -0.39 is 0 Å². The Balaban J connectivity index is 1.72. The molecule has 0 aromatic heterocycles. The second-order valence-electron chi connectivity index (χ2n) is 5.48. The maximum atomic E-state index is 12.0. The van der Waals surface area contributed by atoms with Crippen LogP contribution in [-0.2, 0) is 4.79 Å². The minimum absolute atomic E-state index is 0.0826. The maximum Gasteiger partial charge on any atom is 0.220 e. The molecule has 0 saturated heterocycles. The summed E-state index contributed by atoms with van der Waals surface area (Å²) in [6, 6.07) is 16.9. The van der Waals surface area contributed by atoms with Crippen LogP contribution < -0.4 is 10.1 Å². The van der Waals surface area contributed by atoms with Crippen LogP contribution in [0.4, 0.5) is 0 Å². The summed E-state index contributed by atoms with van der Waals surface area (Å²) < 4.78 is 5.62. The molecule has 0 spiro atoms. The number of hydrogen-bond acceptors (Lipinski definition) is 3. The van der Waals surface area contributed by atoms with Crippen LogP contribution in [0.5, 0.6) is 5.75 Å². The number of rotatable bonds is 8. The first-order valence-electron chi connectivity index (χ1n) is 7.83. The van der Waals surface area contributed by atoms with Gasteiger partial charge in [0.2, 0.25) is 5.91 Å². The van der Waals surface area contributed by atoms with Gasteiger partial charge in [-0.2, -0.15) is 0 Å². The highest BCUT2D eigenvalue weighted by Crippen LogP contribution is 2.14. The van der Waals surface area contributed by atoms with Gasteiger partial charge in [-0.25, -0.2) is 0 Å². The number of aliphatic hydroxyl groups is 1. The van der Waals surface area contributed by atoms with Crippen molar-refractivity contribution in [3.05, 3.63) is 65.7 Å². The molecule has 0 fully saturated rings. The number of nitrogens with one attached hydrogen (secondary N) is 1. The third-order valence-electron chi connectivity index (χ3n) is 3.53. The lowest BCUT2D eigenvalue weighted by atomic mass is 10.1. The highest BCUT2D eigenvalue weighted by atomic mass is 16.5. The highest BCUT2D eigenvalue weighted by Gasteiger charge is 2.12. The zero-order valence-corrected chi connectivity index (χ0v) is 13.4. The molecule has 0 heterocycles. The lowest BCUT2D eigenvalue weighted by Gasteiger charge is -2.16. The molecule has 0 aliphatic heterocycles. The summed E-state index contributed by atoms with van der Waals surface area (Å²) in [6.07, 6.45) is 1.00. The Kier molecular flexibility index (Phi) is 6.63. The van der Waals surface area contributed by atoms with Crippen molar-refractivity contribution >= 4 is 5.91 Å². The first-order valence-corrected chi connectivity index (χ1v) is 7.83. The average molecular weight is 313 g/mol. The van der Waals surface area contributed by atoms with E-state index in [1.54, 1.807) is 0 Å². The van der Waals surface area contributed by atoms with E-state index in [0.29, 0.717) is 19.4 Å². The SMILES string of the molecule is Cc1cccc(OCCCC(=O)NC(CO)c2ccccc2)c1. The van der Waals surface area contributed by atoms with Gasteiger partial charge in [0.1, 0.15) is 5.75 Å². The van der Waals surface area contributed by atoms with Crippen LogP contribution in [0, 0.1) is 6.92 Å². The van der Waals surface area contributed by atoms with Gasteiger partial charge in [0, 0.05) is 6.42 Å². The molecule has 0 aliphatic carbocycles. The number of benzene rings is 2. The second-order valence-corrected chi connectivity index (χ2v) is 5.48. The Morgan fingerprint density at radius 3 is 2.65 bits per heavy atom. The zero-order valence-electron chi connectivity index (χ0n) is 13.4. The molecule has 2 aromatic carbocycles. The van der Waals surface area contributed by atoms with Crippen molar-refractivity contribution < 1.29 is 14.6 Å². The number of amides is 1. The summed E-state index contributed by atoms with van der Waals surface area (Å²) in [4.78, 5) is 12.0. The van der Waals surface area contributed by atoms with E-state index in [2.05, 4.69) is 5.32 Å². The minimum atomic E-state index is -0.360. The molecule has 2 rings (SSSR count). The lowest BCUT2D eigenvalue weighted by Crippen LogP contribution is -2.30. The van der Waals surface area contributed by atoms with Crippen LogP contribution in [0.25, 0.3) is 0 Å². The number of carbonyl (C=O) groups is 1. The van der Waals surface area contributed by atoms with E-state index in [9.17, 15) is 9.90 Å². The number of aryl methyl sites for hydroxylation is 1. The average Bonchev–Trinajstić information content (AvgIpc) is 2.57. The molecule has 0 bridgehead atoms. The third-order valence-corrected chi connectivity index (χ3v) is 3.53. The lowest BCUT2D eigenvalue weighted by molar-refractivity contribution is -0.122. The molecule has 2 aromatic rings. The predicted octanol–water partition coefficient (Wildman–Crippen LogP) is 3.00. The monoisotopic (exact) mass is 313 g/mol. The highest BCUT2D eigenvalue weighted by molar-refractivity contribution is 5.76.